The van der Waals surface area contributed by atoms with Gasteiger partial charge >= 0.3 is 11.7 Å². The Balaban J connectivity index is 1.63. The lowest BCUT2D eigenvalue weighted by Gasteiger charge is -2.37. The quantitative estimate of drug-likeness (QED) is 0.540. The van der Waals surface area contributed by atoms with Gasteiger partial charge < -0.3 is 14.1 Å². The highest BCUT2D eigenvalue weighted by atomic mass is 16.5. The van der Waals surface area contributed by atoms with Gasteiger partial charge in [0.1, 0.15) is 0 Å². The molecule has 0 unspecified atom stereocenters. The van der Waals surface area contributed by atoms with E-state index in [9.17, 15) is 14.4 Å². The fourth-order valence-electron chi connectivity index (χ4n) is 3.37. The minimum absolute atomic E-state index is 0.0464. The van der Waals surface area contributed by atoms with Gasteiger partial charge in [0.2, 0.25) is 0 Å². The molecule has 0 saturated carbocycles. The van der Waals surface area contributed by atoms with Crippen molar-refractivity contribution < 1.29 is 18.7 Å². The summed E-state index contributed by atoms with van der Waals surface area (Å²) in [6.45, 7) is 7.93. The number of oxazole rings is 1. The number of aromatic nitrogens is 1. The predicted molar refractivity (Wildman–Crippen MR) is 117 cm³/mol. The molecule has 31 heavy (non-hydrogen) atoms. The summed E-state index contributed by atoms with van der Waals surface area (Å²) in [5.74, 6) is -1.35. The third kappa shape index (κ3) is 5.42. The summed E-state index contributed by atoms with van der Waals surface area (Å²) in [7, 11) is 0. The van der Waals surface area contributed by atoms with E-state index in [4.69, 9.17) is 9.15 Å². The Labute approximate surface area is 181 Å². The zero-order valence-corrected chi connectivity index (χ0v) is 18.3. The number of ether oxygens (including phenoxy) is 1. The maximum absolute atomic E-state index is 13.1. The molecule has 1 heterocycles. The average molecular weight is 424 g/mol. The number of amides is 1. The molecule has 0 aliphatic rings. The van der Waals surface area contributed by atoms with Crippen LogP contribution in [0, 0.1) is 0 Å². The van der Waals surface area contributed by atoms with Crippen LogP contribution in [0.1, 0.15) is 39.7 Å². The SMILES string of the molecule is C[C@H](OC(=O)CCn1c(=O)oc2ccccc21)C(=O)N(Cc1ccccc1)C(C)(C)C. The topological polar surface area (TPSA) is 81.7 Å². The molecule has 0 spiro atoms. The van der Waals surface area contributed by atoms with Crippen LogP contribution in [-0.2, 0) is 27.4 Å². The number of nitrogens with zero attached hydrogens (tertiary/aromatic N) is 2. The lowest BCUT2D eigenvalue weighted by molar-refractivity contribution is -0.162. The van der Waals surface area contributed by atoms with Crippen molar-refractivity contribution in [2.45, 2.75) is 58.8 Å². The third-order valence-corrected chi connectivity index (χ3v) is 5.03. The molecule has 0 aliphatic carbocycles. The van der Waals surface area contributed by atoms with E-state index in [-0.39, 0.29) is 18.9 Å². The third-order valence-electron chi connectivity index (χ3n) is 5.03. The molecule has 0 saturated heterocycles. The van der Waals surface area contributed by atoms with Gasteiger partial charge in [0.15, 0.2) is 11.7 Å². The molecule has 2 aromatic carbocycles. The van der Waals surface area contributed by atoms with Crippen LogP contribution < -0.4 is 5.76 Å². The molecule has 7 heteroatoms. The minimum Gasteiger partial charge on any atom is -0.452 e. The maximum atomic E-state index is 13.1. The van der Waals surface area contributed by atoms with Crippen LogP contribution in [0.3, 0.4) is 0 Å². The largest absolute Gasteiger partial charge is 0.452 e. The van der Waals surface area contributed by atoms with Crippen molar-refractivity contribution in [2.24, 2.45) is 0 Å². The number of para-hydroxylation sites is 2. The van der Waals surface area contributed by atoms with Crippen molar-refractivity contribution in [2.75, 3.05) is 0 Å². The Morgan fingerprint density at radius 1 is 1.06 bits per heavy atom. The summed E-state index contributed by atoms with van der Waals surface area (Å²) in [6, 6.07) is 16.7. The Hall–Kier alpha value is -3.35. The first-order chi connectivity index (χ1) is 14.7. The second-order valence-corrected chi connectivity index (χ2v) is 8.45. The van der Waals surface area contributed by atoms with Gasteiger partial charge in [-0.1, -0.05) is 42.5 Å². The molecule has 1 amide bonds. The highest BCUT2D eigenvalue weighted by molar-refractivity contribution is 5.84. The van der Waals surface area contributed by atoms with E-state index in [1.165, 1.54) is 4.57 Å². The molecule has 1 aromatic heterocycles. The molecule has 0 radical (unpaired) electrons. The van der Waals surface area contributed by atoms with Crippen molar-refractivity contribution in [3.05, 3.63) is 70.7 Å². The van der Waals surface area contributed by atoms with Crippen LogP contribution in [0.2, 0.25) is 0 Å². The number of rotatable bonds is 7. The van der Waals surface area contributed by atoms with Gasteiger partial charge in [-0.25, -0.2) is 4.79 Å². The van der Waals surface area contributed by atoms with E-state index in [1.807, 2.05) is 51.1 Å². The number of aryl methyl sites for hydroxylation is 1. The number of benzene rings is 2. The van der Waals surface area contributed by atoms with Gasteiger partial charge in [0, 0.05) is 18.6 Å². The Kier molecular flexibility index (Phi) is 6.63. The lowest BCUT2D eigenvalue weighted by atomic mass is 10.0. The van der Waals surface area contributed by atoms with E-state index in [0.29, 0.717) is 17.6 Å². The Morgan fingerprint density at radius 2 is 1.71 bits per heavy atom. The number of carbonyl (C=O) groups is 2. The smallest absolute Gasteiger partial charge is 0.419 e. The zero-order valence-electron chi connectivity index (χ0n) is 18.3. The average Bonchev–Trinajstić information content (AvgIpc) is 3.04. The molecular formula is C24H28N2O5. The Morgan fingerprint density at radius 3 is 2.39 bits per heavy atom. The molecule has 0 N–H and O–H groups in total. The van der Waals surface area contributed by atoms with E-state index in [0.717, 1.165) is 5.56 Å². The van der Waals surface area contributed by atoms with Gasteiger partial charge in [0.25, 0.3) is 5.91 Å². The van der Waals surface area contributed by atoms with Gasteiger partial charge in [0.05, 0.1) is 11.9 Å². The summed E-state index contributed by atoms with van der Waals surface area (Å²) in [5.41, 5.74) is 1.63. The molecule has 3 aromatic rings. The van der Waals surface area contributed by atoms with E-state index in [1.54, 1.807) is 36.1 Å². The first-order valence-electron chi connectivity index (χ1n) is 10.3. The summed E-state index contributed by atoms with van der Waals surface area (Å²) >= 11 is 0. The molecule has 0 bridgehead atoms. The van der Waals surface area contributed by atoms with E-state index < -0.39 is 23.4 Å². The normalized spacial score (nSPS) is 12.5. The van der Waals surface area contributed by atoms with Crippen LogP contribution in [0.4, 0.5) is 0 Å². The second kappa shape index (κ2) is 9.20. The first kappa shape index (κ1) is 22.3. The standard InChI is InChI=1S/C24H28N2O5/c1-17(22(28)26(24(2,3)4)16-18-10-6-5-7-11-18)30-21(27)14-15-25-19-12-8-9-13-20(19)31-23(25)29/h5-13,17H,14-16H2,1-4H3/t17-/m0/s1. The monoisotopic (exact) mass is 424 g/mol. The Bertz CT molecular complexity index is 1110. The van der Waals surface area contributed by atoms with Gasteiger partial charge in [-0.15, -0.1) is 0 Å². The zero-order chi connectivity index (χ0) is 22.6. The van der Waals surface area contributed by atoms with Crippen molar-refractivity contribution in [1.29, 1.82) is 0 Å². The highest BCUT2D eigenvalue weighted by Gasteiger charge is 2.31. The predicted octanol–water partition coefficient (Wildman–Crippen LogP) is 3.74. The molecule has 7 nitrogen and oxygen atoms in total. The molecule has 0 aliphatic heterocycles. The summed E-state index contributed by atoms with van der Waals surface area (Å²) in [5, 5.41) is 0. The fraction of sp³-hybridized carbons (Fsp3) is 0.375. The van der Waals surface area contributed by atoms with Gasteiger partial charge in [-0.2, -0.15) is 0 Å². The molecule has 164 valence electrons. The lowest BCUT2D eigenvalue weighted by Crippen LogP contribution is -2.49. The minimum atomic E-state index is -0.937. The van der Waals surface area contributed by atoms with Gasteiger partial charge in [-0.05, 0) is 45.4 Å². The molecular weight excluding hydrogens is 396 g/mol. The number of carbonyl (C=O) groups excluding carboxylic acids is 2. The first-order valence-corrected chi connectivity index (χ1v) is 10.3. The number of fused-ring (bicyclic) bond motifs is 1. The van der Waals surface area contributed by atoms with E-state index >= 15 is 0 Å². The molecule has 1 atom stereocenters. The molecule has 0 fully saturated rings. The number of hydrogen-bond acceptors (Lipinski definition) is 5. The highest BCUT2D eigenvalue weighted by Crippen LogP contribution is 2.20. The second-order valence-electron chi connectivity index (χ2n) is 8.45. The van der Waals surface area contributed by atoms with Crippen LogP contribution in [0.5, 0.6) is 0 Å². The number of hydrogen-bond donors (Lipinski definition) is 0. The van der Waals surface area contributed by atoms with Crippen molar-refractivity contribution in [1.82, 2.24) is 9.47 Å². The van der Waals surface area contributed by atoms with Crippen molar-refractivity contribution in [3.63, 3.8) is 0 Å². The summed E-state index contributed by atoms with van der Waals surface area (Å²) < 4.78 is 12.0. The summed E-state index contributed by atoms with van der Waals surface area (Å²) in [6.07, 6.45) is -0.983. The number of esters is 1. The van der Waals surface area contributed by atoms with Crippen LogP contribution in [0.25, 0.3) is 11.1 Å². The van der Waals surface area contributed by atoms with Crippen LogP contribution in [-0.4, -0.2) is 33.0 Å². The summed E-state index contributed by atoms with van der Waals surface area (Å²) in [4.78, 5) is 39.2. The van der Waals surface area contributed by atoms with Crippen LogP contribution >= 0.6 is 0 Å². The van der Waals surface area contributed by atoms with Crippen LogP contribution in [0.15, 0.2) is 63.8 Å². The van der Waals surface area contributed by atoms with E-state index in [2.05, 4.69) is 0 Å². The van der Waals surface area contributed by atoms with Gasteiger partial charge in [-0.3, -0.25) is 14.2 Å². The molecule has 3 rings (SSSR count). The van der Waals surface area contributed by atoms with Crippen molar-refractivity contribution >= 4 is 23.0 Å². The maximum Gasteiger partial charge on any atom is 0.419 e. The van der Waals surface area contributed by atoms with Crippen molar-refractivity contribution in [3.8, 4) is 0 Å². The fourth-order valence-corrected chi connectivity index (χ4v) is 3.37.